The molecule has 0 amide bonds. The first-order chi connectivity index (χ1) is 12.0. The van der Waals surface area contributed by atoms with Crippen molar-refractivity contribution in [2.45, 2.75) is 13.3 Å². The van der Waals surface area contributed by atoms with Crippen LogP contribution in [0.3, 0.4) is 0 Å². The minimum Gasteiger partial charge on any atom is -0.545 e. The van der Waals surface area contributed by atoms with Crippen molar-refractivity contribution in [3.63, 3.8) is 0 Å². The third-order valence-corrected chi connectivity index (χ3v) is 5.20. The molecule has 3 nitrogen and oxygen atoms in total. The minimum atomic E-state index is -1.24. The predicted octanol–water partition coefficient (Wildman–Crippen LogP) is 1.17. The normalized spacial score (nSPS) is 10.2. The van der Waals surface area contributed by atoms with Crippen molar-refractivity contribution in [3.05, 3.63) is 81.2 Å². The van der Waals surface area contributed by atoms with Gasteiger partial charge < -0.3 is 9.90 Å². The van der Waals surface area contributed by atoms with Gasteiger partial charge in [0, 0.05) is 16.9 Å². The minimum absolute atomic E-state index is 0. The number of carboxylic acids is 1. The number of aryl methyl sites for hydroxylation is 1. The van der Waals surface area contributed by atoms with E-state index in [-0.39, 0.29) is 36.6 Å². The van der Waals surface area contributed by atoms with E-state index in [0.717, 1.165) is 21.6 Å². The summed E-state index contributed by atoms with van der Waals surface area (Å²) in [5.74, 6) is -1.33. The number of hydrogen-bond acceptors (Lipinski definition) is 4. The topological polar surface area (TPSA) is 57.2 Å². The maximum atomic E-state index is 12.8. The number of thiophene rings is 1. The van der Waals surface area contributed by atoms with Gasteiger partial charge in [0.05, 0.1) is 11.0 Å². The number of Topliss-reactive ketones (excluding diaryl/α,β-unsaturated/α-hetero) is 1. The Morgan fingerprint density at radius 2 is 1.88 bits per heavy atom. The summed E-state index contributed by atoms with van der Waals surface area (Å²) < 4.78 is 0. The molecule has 0 fully saturated rings. The molecule has 0 aliphatic carbocycles. The van der Waals surface area contributed by atoms with Crippen LogP contribution in [0.4, 0.5) is 0 Å². The van der Waals surface area contributed by atoms with Crippen LogP contribution in [0.15, 0.2) is 53.9 Å². The van der Waals surface area contributed by atoms with Gasteiger partial charge >= 0.3 is 18.9 Å². The van der Waals surface area contributed by atoms with Crippen molar-refractivity contribution >= 4 is 34.7 Å². The Morgan fingerprint density at radius 1 is 1.12 bits per heavy atom. The molecule has 2 aromatic carbocycles. The van der Waals surface area contributed by atoms with Gasteiger partial charge in [-0.2, -0.15) is 0 Å². The second kappa shape index (κ2) is 8.70. The fraction of sp³-hybridized carbons (Fsp3) is 0.100. The fourth-order valence-electron chi connectivity index (χ4n) is 2.77. The summed E-state index contributed by atoms with van der Waals surface area (Å²) in [5.41, 5.74) is 2.91. The number of hydrogen-bond donors (Lipinski definition) is 0. The molecule has 26 heavy (non-hydrogen) atoms. The molecule has 0 unspecified atom stereocenters. The second-order valence-corrected chi connectivity index (χ2v) is 7.02. The standard InChI is InChI=1S/C20H15ClO3S.Li/c1-12-4-2-5-16(21)19(12)17(22)11-13-7-8-14(20(23)24)10-15(13)18-6-3-9-25-18;/h2-10H,11H2,1H3,(H,23,24);/q;+1/p-1. The van der Waals surface area contributed by atoms with Crippen molar-refractivity contribution in [1.29, 1.82) is 0 Å². The number of benzene rings is 2. The molecule has 1 heterocycles. The molecule has 0 aliphatic heterocycles. The summed E-state index contributed by atoms with van der Waals surface area (Å²) in [5, 5.41) is 13.5. The van der Waals surface area contributed by atoms with Gasteiger partial charge in [0.1, 0.15) is 0 Å². The monoisotopic (exact) mass is 376 g/mol. The smallest absolute Gasteiger partial charge is 0.545 e. The molecule has 0 saturated heterocycles. The first-order valence-electron chi connectivity index (χ1n) is 7.64. The number of rotatable bonds is 5. The van der Waals surface area contributed by atoms with Gasteiger partial charge in [-0.25, -0.2) is 0 Å². The molecule has 1 aromatic heterocycles. The largest absolute Gasteiger partial charge is 1.00 e. The quantitative estimate of drug-likeness (QED) is 0.496. The predicted molar refractivity (Wildman–Crippen MR) is 98.3 cm³/mol. The molecule has 6 heteroatoms. The third kappa shape index (κ3) is 4.28. The summed E-state index contributed by atoms with van der Waals surface area (Å²) >= 11 is 7.68. The Bertz CT molecular complexity index is 931. The van der Waals surface area contributed by atoms with Gasteiger partial charge in [0.2, 0.25) is 0 Å². The Morgan fingerprint density at radius 3 is 2.50 bits per heavy atom. The van der Waals surface area contributed by atoms with Crippen molar-refractivity contribution in [3.8, 4) is 10.4 Å². The SMILES string of the molecule is Cc1cccc(Cl)c1C(=O)Cc1ccc(C(=O)[O-])cc1-c1cccs1.[Li+]. The van der Waals surface area contributed by atoms with E-state index in [4.69, 9.17) is 11.6 Å². The summed E-state index contributed by atoms with van der Waals surface area (Å²) in [6, 6.07) is 13.8. The molecule has 0 saturated carbocycles. The maximum Gasteiger partial charge on any atom is 1.00 e. The number of halogens is 1. The molecule has 0 aliphatic rings. The molecule has 3 aromatic rings. The van der Waals surface area contributed by atoms with E-state index in [9.17, 15) is 14.7 Å². The van der Waals surface area contributed by atoms with E-state index in [0.29, 0.717) is 10.6 Å². The first-order valence-corrected chi connectivity index (χ1v) is 8.89. The van der Waals surface area contributed by atoms with Crippen LogP contribution in [0.1, 0.15) is 31.8 Å². The van der Waals surface area contributed by atoms with Crippen LogP contribution in [0, 0.1) is 6.92 Å². The molecule has 126 valence electrons. The molecule has 3 rings (SSSR count). The van der Waals surface area contributed by atoms with Crippen LogP contribution in [0.25, 0.3) is 10.4 Å². The average molecular weight is 377 g/mol. The molecule has 0 spiro atoms. The van der Waals surface area contributed by atoms with Crippen LogP contribution in [-0.4, -0.2) is 11.8 Å². The Labute approximate surface area is 172 Å². The van der Waals surface area contributed by atoms with Crippen molar-refractivity contribution in [2.75, 3.05) is 0 Å². The van der Waals surface area contributed by atoms with Crippen molar-refractivity contribution in [2.24, 2.45) is 0 Å². The van der Waals surface area contributed by atoms with Gasteiger partial charge in [-0.3, -0.25) is 4.79 Å². The van der Waals surface area contributed by atoms with Gasteiger partial charge in [0.25, 0.3) is 0 Å². The summed E-state index contributed by atoms with van der Waals surface area (Å²) in [6.45, 7) is 1.85. The molecular weight excluding hydrogens is 363 g/mol. The fourth-order valence-corrected chi connectivity index (χ4v) is 3.87. The second-order valence-electron chi connectivity index (χ2n) is 5.67. The molecule has 0 radical (unpaired) electrons. The van der Waals surface area contributed by atoms with Crippen LogP contribution in [0.5, 0.6) is 0 Å². The van der Waals surface area contributed by atoms with Crippen LogP contribution in [0.2, 0.25) is 5.02 Å². The maximum absolute atomic E-state index is 12.8. The summed E-state index contributed by atoms with van der Waals surface area (Å²) in [6.07, 6.45) is 0.144. The number of ketones is 1. The molecule has 0 atom stereocenters. The van der Waals surface area contributed by atoms with Crippen LogP contribution in [-0.2, 0) is 6.42 Å². The van der Waals surface area contributed by atoms with E-state index in [1.54, 1.807) is 24.3 Å². The number of carbonyl (C=O) groups excluding carboxylic acids is 2. The van der Waals surface area contributed by atoms with E-state index in [1.807, 2.05) is 30.5 Å². The van der Waals surface area contributed by atoms with Crippen molar-refractivity contribution < 1.29 is 33.6 Å². The Kier molecular flexibility index (Phi) is 6.85. The zero-order chi connectivity index (χ0) is 18.0. The third-order valence-electron chi connectivity index (χ3n) is 3.98. The zero-order valence-electron chi connectivity index (χ0n) is 14.4. The average Bonchev–Trinajstić information content (AvgIpc) is 3.09. The Balaban J connectivity index is 0.00000243. The van der Waals surface area contributed by atoms with Crippen molar-refractivity contribution in [1.82, 2.24) is 0 Å². The van der Waals surface area contributed by atoms with E-state index in [1.165, 1.54) is 17.4 Å². The van der Waals surface area contributed by atoms with E-state index in [2.05, 4.69) is 0 Å². The molecule has 0 N–H and O–H groups in total. The van der Waals surface area contributed by atoms with Crippen LogP contribution >= 0.6 is 22.9 Å². The first kappa shape index (κ1) is 20.5. The van der Waals surface area contributed by atoms with Gasteiger partial charge in [-0.05, 0) is 52.8 Å². The number of carboxylic acid groups (broad SMARTS) is 1. The zero-order valence-corrected chi connectivity index (χ0v) is 16.0. The van der Waals surface area contributed by atoms with E-state index < -0.39 is 5.97 Å². The summed E-state index contributed by atoms with van der Waals surface area (Å²) in [7, 11) is 0. The van der Waals surface area contributed by atoms with Gasteiger partial charge in [-0.1, -0.05) is 41.9 Å². The van der Waals surface area contributed by atoms with E-state index >= 15 is 0 Å². The summed E-state index contributed by atoms with van der Waals surface area (Å²) in [4.78, 5) is 24.9. The Hall–Kier alpha value is -1.83. The molecule has 0 bridgehead atoms. The van der Waals surface area contributed by atoms with Crippen LogP contribution < -0.4 is 24.0 Å². The number of aromatic carboxylic acids is 1. The van der Waals surface area contributed by atoms with Gasteiger partial charge in [0.15, 0.2) is 5.78 Å². The van der Waals surface area contributed by atoms with Gasteiger partial charge in [-0.15, -0.1) is 11.3 Å². The molecular formula is C20H14ClLiO3S. The number of carbonyl (C=O) groups is 2.